The molecule has 0 aliphatic carbocycles. The molecule has 2 nitrogen and oxygen atoms in total. The maximum absolute atomic E-state index is 5.41. The van der Waals surface area contributed by atoms with Gasteiger partial charge in [0.2, 0.25) is 0 Å². The summed E-state index contributed by atoms with van der Waals surface area (Å²) in [5.74, 6) is 2.75. The van der Waals surface area contributed by atoms with E-state index in [0.29, 0.717) is 6.54 Å². The first-order valence-electron chi connectivity index (χ1n) is 3.37. The van der Waals surface area contributed by atoms with Crippen molar-refractivity contribution in [2.75, 3.05) is 0 Å². The van der Waals surface area contributed by atoms with Crippen LogP contribution in [0, 0.1) is 12.0 Å². The molecule has 0 unspecified atom stereocenters. The molecule has 0 fully saturated rings. The molecule has 0 amide bonds. The van der Waals surface area contributed by atoms with Crippen LogP contribution in [-0.2, 0) is 6.54 Å². The van der Waals surface area contributed by atoms with E-state index in [9.17, 15) is 0 Å². The van der Waals surface area contributed by atoms with Crippen molar-refractivity contribution in [3.05, 3.63) is 35.4 Å². The Morgan fingerprint density at radius 1 is 1.18 bits per heavy atom. The fourth-order valence-corrected chi connectivity index (χ4v) is 0.807. The van der Waals surface area contributed by atoms with Crippen molar-refractivity contribution in [1.82, 2.24) is 0 Å². The molecule has 0 aliphatic rings. The lowest BCUT2D eigenvalue weighted by atomic mass is 10.1. The molecule has 1 aromatic carbocycles. The van der Waals surface area contributed by atoms with Crippen molar-refractivity contribution in [3.63, 3.8) is 0 Å². The van der Waals surface area contributed by atoms with Crippen molar-refractivity contribution >= 4 is 0 Å². The molecule has 0 saturated heterocycles. The predicted octanol–water partition coefficient (Wildman–Crippen LogP) is 0.413. The minimum absolute atomic E-state index is 0.566. The molecule has 56 valence electrons. The van der Waals surface area contributed by atoms with E-state index in [1.807, 2.05) is 24.3 Å². The van der Waals surface area contributed by atoms with Gasteiger partial charge in [0.05, 0.1) is 0 Å². The van der Waals surface area contributed by atoms with Gasteiger partial charge in [0.15, 0.2) is 0 Å². The maximum Gasteiger partial charge on any atom is 0.0263 e. The quantitative estimate of drug-likeness (QED) is 0.445. The Hall–Kier alpha value is -1.46. The Bertz CT molecular complexity index is 277. The van der Waals surface area contributed by atoms with Crippen LogP contribution in [0.2, 0.25) is 0 Å². The number of benzene rings is 1. The van der Waals surface area contributed by atoms with Gasteiger partial charge in [-0.1, -0.05) is 12.1 Å². The summed E-state index contributed by atoms with van der Waals surface area (Å²) in [7, 11) is 0. The highest BCUT2D eigenvalue weighted by molar-refractivity contribution is 5.35. The molecular weight excluding hydrogens is 136 g/mol. The molecule has 11 heavy (non-hydrogen) atoms. The summed E-state index contributed by atoms with van der Waals surface area (Å²) in [4.78, 5) is 0. The average molecular weight is 146 g/mol. The zero-order valence-electron chi connectivity index (χ0n) is 6.17. The molecule has 0 atom stereocenters. The molecule has 0 radical (unpaired) electrons. The molecular formula is C9H10N2. The minimum atomic E-state index is 0.566. The summed E-state index contributed by atoms with van der Waals surface area (Å²) in [5, 5.41) is 0. The van der Waals surface area contributed by atoms with Crippen LogP contribution in [0.1, 0.15) is 11.1 Å². The molecule has 0 aliphatic heterocycles. The lowest BCUT2D eigenvalue weighted by molar-refractivity contribution is 1.07. The molecule has 0 saturated carbocycles. The van der Waals surface area contributed by atoms with Gasteiger partial charge in [-0.25, -0.2) is 0 Å². The number of nitrogens with two attached hydrogens (primary N) is 2. The highest BCUT2D eigenvalue weighted by Crippen LogP contribution is 2.01. The summed E-state index contributed by atoms with van der Waals surface area (Å²) >= 11 is 0. The second-order valence-corrected chi connectivity index (χ2v) is 2.17. The number of hydrogen-bond acceptors (Lipinski definition) is 2. The molecule has 0 bridgehead atoms. The fraction of sp³-hybridized carbons (Fsp3) is 0.111. The van der Waals surface area contributed by atoms with E-state index < -0.39 is 0 Å². The van der Waals surface area contributed by atoms with E-state index >= 15 is 0 Å². The Balaban J connectivity index is 2.88. The Morgan fingerprint density at radius 2 is 1.82 bits per heavy atom. The van der Waals surface area contributed by atoms with Gasteiger partial charge < -0.3 is 11.5 Å². The van der Waals surface area contributed by atoms with E-state index in [4.69, 9.17) is 11.5 Å². The molecule has 0 aromatic heterocycles. The first-order valence-corrected chi connectivity index (χ1v) is 3.37. The Morgan fingerprint density at radius 3 is 2.27 bits per heavy atom. The van der Waals surface area contributed by atoms with Gasteiger partial charge in [-0.2, -0.15) is 0 Å². The van der Waals surface area contributed by atoms with Gasteiger partial charge in [0, 0.05) is 18.2 Å². The highest BCUT2D eigenvalue weighted by Gasteiger charge is 1.87. The van der Waals surface area contributed by atoms with Crippen molar-refractivity contribution in [1.29, 1.82) is 0 Å². The summed E-state index contributed by atoms with van der Waals surface area (Å²) in [5.41, 5.74) is 12.5. The zero-order chi connectivity index (χ0) is 8.10. The van der Waals surface area contributed by atoms with Crippen LogP contribution in [0.3, 0.4) is 0 Å². The smallest absolute Gasteiger partial charge is 0.0263 e. The lowest BCUT2D eigenvalue weighted by Crippen LogP contribution is -1.95. The second-order valence-electron chi connectivity index (χ2n) is 2.17. The van der Waals surface area contributed by atoms with Gasteiger partial charge in [0.1, 0.15) is 0 Å². The van der Waals surface area contributed by atoms with E-state index in [0.717, 1.165) is 11.1 Å². The highest BCUT2D eigenvalue weighted by atomic mass is 14.5. The third kappa shape index (κ3) is 1.99. The van der Waals surface area contributed by atoms with Crippen LogP contribution in [0.15, 0.2) is 24.3 Å². The first-order chi connectivity index (χ1) is 5.36. The van der Waals surface area contributed by atoms with Gasteiger partial charge in [-0.3, -0.25) is 0 Å². The van der Waals surface area contributed by atoms with Gasteiger partial charge in [0.25, 0.3) is 0 Å². The topological polar surface area (TPSA) is 52.0 Å². The van der Waals surface area contributed by atoms with Crippen molar-refractivity contribution in [2.24, 2.45) is 11.5 Å². The fourth-order valence-electron chi connectivity index (χ4n) is 0.807. The van der Waals surface area contributed by atoms with Crippen molar-refractivity contribution < 1.29 is 0 Å². The minimum Gasteiger partial charge on any atom is -0.359 e. The summed E-state index contributed by atoms with van der Waals surface area (Å²) in [6.45, 7) is 0.566. The Kier molecular flexibility index (Phi) is 2.53. The third-order valence-corrected chi connectivity index (χ3v) is 1.41. The lowest BCUT2D eigenvalue weighted by Gasteiger charge is -1.94. The van der Waals surface area contributed by atoms with E-state index in [-0.39, 0.29) is 0 Å². The summed E-state index contributed by atoms with van der Waals surface area (Å²) in [6.07, 6.45) is 0. The molecule has 0 heterocycles. The van der Waals surface area contributed by atoms with E-state index in [2.05, 4.69) is 12.0 Å². The van der Waals surface area contributed by atoms with Crippen LogP contribution in [0.4, 0.5) is 0 Å². The number of hydrogen-bond donors (Lipinski definition) is 2. The van der Waals surface area contributed by atoms with Gasteiger partial charge in [-0.05, 0) is 23.6 Å². The van der Waals surface area contributed by atoms with Crippen LogP contribution in [0.25, 0.3) is 0 Å². The first kappa shape index (κ1) is 7.64. The normalized spacial score (nSPS) is 8.45. The van der Waals surface area contributed by atoms with Crippen LogP contribution < -0.4 is 11.5 Å². The second kappa shape index (κ2) is 3.65. The zero-order valence-corrected chi connectivity index (χ0v) is 6.17. The van der Waals surface area contributed by atoms with Crippen molar-refractivity contribution in [2.45, 2.75) is 6.54 Å². The third-order valence-electron chi connectivity index (χ3n) is 1.41. The molecule has 1 rings (SSSR count). The van der Waals surface area contributed by atoms with E-state index in [1.54, 1.807) is 0 Å². The van der Waals surface area contributed by atoms with Crippen LogP contribution >= 0.6 is 0 Å². The monoisotopic (exact) mass is 146 g/mol. The van der Waals surface area contributed by atoms with Gasteiger partial charge in [-0.15, -0.1) is 0 Å². The Labute approximate surface area is 66.2 Å². The average Bonchev–Trinajstić information content (AvgIpc) is 2.07. The van der Waals surface area contributed by atoms with Crippen LogP contribution in [-0.4, -0.2) is 0 Å². The largest absolute Gasteiger partial charge is 0.359 e. The molecule has 1 aromatic rings. The summed E-state index contributed by atoms with van der Waals surface area (Å²) < 4.78 is 0. The number of rotatable bonds is 1. The molecule has 0 spiro atoms. The maximum atomic E-state index is 5.41. The summed E-state index contributed by atoms with van der Waals surface area (Å²) in [6, 6.07) is 10.0. The van der Waals surface area contributed by atoms with Crippen molar-refractivity contribution in [3.8, 4) is 12.0 Å². The van der Waals surface area contributed by atoms with Gasteiger partial charge >= 0.3 is 0 Å². The standard InChI is InChI=1S/C9H10N2/c10-6-5-8-1-3-9(7-11)4-2-8/h1-4H,7,10-11H2. The molecule has 4 N–H and O–H groups in total. The van der Waals surface area contributed by atoms with E-state index in [1.165, 1.54) is 0 Å². The molecule has 2 heteroatoms. The SMILES string of the molecule is NC#Cc1ccc(CN)cc1. The van der Waals surface area contributed by atoms with Crippen LogP contribution in [0.5, 0.6) is 0 Å². The predicted molar refractivity (Wildman–Crippen MR) is 45.4 cm³/mol.